The van der Waals surface area contributed by atoms with Crippen molar-refractivity contribution in [3.8, 4) is 11.3 Å². The molecular weight excluding hydrogens is 443 g/mol. The van der Waals surface area contributed by atoms with E-state index in [-0.39, 0.29) is 41.2 Å². The number of nitrogens with one attached hydrogen (secondary N) is 1. The van der Waals surface area contributed by atoms with Gasteiger partial charge in [0.25, 0.3) is 0 Å². The Labute approximate surface area is 187 Å². The molecule has 3 atom stereocenters. The molecule has 1 aliphatic heterocycles. The van der Waals surface area contributed by atoms with E-state index in [1.807, 2.05) is 13.8 Å². The van der Waals surface area contributed by atoms with Crippen molar-refractivity contribution in [2.45, 2.75) is 38.9 Å². The Morgan fingerprint density at radius 2 is 2.10 bits per heavy atom. The number of halogens is 2. The maximum absolute atomic E-state index is 15.0. The predicted octanol–water partition coefficient (Wildman–Crippen LogP) is 2.98. The molecule has 7 nitrogen and oxygen atoms in total. The Hall–Kier alpha value is -1.81. The number of likely N-dealkylation sites (tertiary alicyclic amines) is 1. The molecule has 0 spiro atoms. The number of hydrogen-bond donors (Lipinski definition) is 2. The van der Waals surface area contributed by atoms with Crippen LogP contribution in [0.25, 0.3) is 11.3 Å². The summed E-state index contributed by atoms with van der Waals surface area (Å²) >= 11 is 6.02. The molecule has 2 N–H and O–H groups in total. The summed E-state index contributed by atoms with van der Waals surface area (Å²) < 4.78 is 38.0. The summed E-state index contributed by atoms with van der Waals surface area (Å²) in [5.41, 5.74) is 1.97. The summed E-state index contributed by atoms with van der Waals surface area (Å²) in [6, 6.07) is 3.14. The van der Waals surface area contributed by atoms with Crippen LogP contribution in [0.3, 0.4) is 0 Å². The highest BCUT2D eigenvalue weighted by atomic mass is 35.5. The number of anilines is 1. The molecule has 1 saturated heterocycles. The van der Waals surface area contributed by atoms with Crippen LogP contribution in [0.2, 0.25) is 5.15 Å². The van der Waals surface area contributed by atoms with E-state index in [4.69, 9.17) is 16.7 Å². The van der Waals surface area contributed by atoms with Crippen molar-refractivity contribution in [1.29, 1.82) is 0 Å². The molecule has 3 heterocycles. The molecule has 3 rings (SSSR count). The Bertz CT molecular complexity index is 1040. The Morgan fingerprint density at radius 3 is 2.71 bits per heavy atom. The van der Waals surface area contributed by atoms with Gasteiger partial charge in [0.15, 0.2) is 0 Å². The molecule has 0 radical (unpaired) electrons. The molecule has 31 heavy (non-hydrogen) atoms. The first kappa shape index (κ1) is 23.8. The van der Waals surface area contributed by atoms with Crippen molar-refractivity contribution >= 4 is 27.1 Å². The lowest BCUT2D eigenvalue weighted by Crippen LogP contribution is -2.56. The number of pyridine rings is 2. The van der Waals surface area contributed by atoms with Gasteiger partial charge >= 0.3 is 0 Å². The van der Waals surface area contributed by atoms with Crippen LogP contribution in [0.4, 0.5) is 10.1 Å². The lowest BCUT2D eigenvalue weighted by Gasteiger charge is -2.46. The molecule has 2 aromatic rings. The molecule has 0 bridgehead atoms. The summed E-state index contributed by atoms with van der Waals surface area (Å²) in [7, 11) is -3.01. The van der Waals surface area contributed by atoms with Crippen molar-refractivity contribution in [2.75, 3.05) is 30.5 Å². The zero-order valence-electron chi connectivity index (χ0n) is 17.8. The smallest absolute Gasteiger partial charge is 0.149 e. The lowest BCUT2D eigenvalue weighted by atomic mass is 9.91. The van der Waals surface area contributed by atoms with E-state index < -0.39 is 15.7 Å². The van der Waals surface area contributed by atoms with Gasteiger partial charge in [-0.05, 0) is 38.0 Å². The quantitative estimate of drug-likeness (QED) is 0.544. The fraction of sp³-hybridized carbons (Fsp3) is 0.524. The highest BCUT2D eigenvalue weighted by Gasteiger charge is 2.37. The van der Waals surface area contributed by atoms with Crippen LogP contribution in [-0.4, -0.2) is 65.6 Å². The summed E-state index contributed by atoms with van der Waals surface area (Å²) in [4.78, 5) is 10.5. The van der Waals surface area contributed by atoms with Gasteiger partial charge in [-0.3, -0.25) is 9.88 Å². The molecule has 2 aromatic heterocycles. The average molecular weight is 471 g/mol. The van der Waals surface area contributed by atoms with E-state index in [0.29, 0.717) is 30.8 Å². The first-order valence-electron chi connectivity index (χ1n) is 10.2. The molecule has 1 fully saturated rings. The third kappa shape index (κ3) is 6.12. The van der Waals surface area contributed by atoms with Crippen LogP contribution < -0.4 is 5.32 Å². The van der Waals surface area contributed by atoms with Gasteiger partial charge in [0.1, 0.15) is 26.5 Å². The number of aliphatic hydroxyl groups excluding tert-OH is 1. The number of sulfone groups is 1. The third-order valence-electron chi connectivity index (χ3n) is 5.62. The van der Waals surface area contributed by atoms with Crippen LogP contribution in [0.15, 0.2) is 24.5 Å². The second kappa shape index (κ2) is 9.77. The first-order chi connectivity index (χ1) is 14.6. The molecule has 0 aromatic carbocycles. The van der Waals surface area contributed by atoms with Gasteiger partial charge in [-0.25, -0.2) is 17.8 Å². The largest absolute Gasteiger partial charge is 0.396 e. The van der Waals surface area contributed by atoms with Crippen molar-refractivity contribution in [3.05, 3.63) is 41.1 Å². The third-order valence-corrected chi connectivity index (χ3v) is 6.86. The summed E-state index contributed by atoms with van der Waals surface area (Å²) in [6.45, 7) is 5.09. The van der Waals surface area contributed by atoms with Crippen molar-refractivity contribution in [3.63, 3.8) is 0 Å². The first-order valence-corrected chi connectivity index (χ1v) is 12.6. The molecule has 170 valence electrons. The number of rotatable bonds is 9. The summed E-state index contributed by atoms with van der Waals surface area (Å²) in [5, 5.41) is 12.6. The normalized spacial score (nSPS) is 20.3. The molecule has 0 saturated carbocycles. The minimum atomic E-state index is -3.01. The minimum Gasteiger partial charge on any atom is -0.396 e. The van der Waals surface area contributed by atoms with E-state index in [2.05, 4.69) is 20.2 Å². The van der Waals surface area contributed by atoms with Gasteiger partial charge in [-0.2, -0.15) is 0 Å². The van der Waals surface area contributed by atoms with E-state index in [1.165, 1.54) is 18.5 Å². The van der Waals surface area contributed by atoms with E-state index >= 15 is 0 Å². The lowest BCUT2D eigenvalue weighted by molar-refractivity contribution is 0.0323. The second-order valence-corrected chi connectivity index (χ2v) is 10.9. The van der Waals surface area contributed by atoms with E-state index in [1.54, 1.807) is 12.3 Å². The van der Waals surface area contributed by atoms with E-state index in [0.717, 1.165) is 5.56 Å². The van der Waals surface area contributed by atoms with Gasteiger partial charge in [-0.15, -0.1) is 0 Å². The van der Waals surface area contributed by atoms with Crippen LogP contribution >= 0.6 is 11.6 Å². The van der Waals surface area contributed by atoms with Gasteiger partial charge in [0, 0.05) is 67.6 Å². The maximum atomic E-state index is 15.0. The number of aliphatic hydroxyl groups is 1. The van der Waals surface area contributed by atoms with Crippen molar-refractivity contribution in [2.24, 2.45) is 5.92 Å². The Kier molecular flexibility index (Phi) is 7.51. The van der Waals surface area contributed by atoms with Crippen molar-refractivity contribution < 1.29 is 17.9 Å². The number of nitrogens with zero attached hydrogens (tertiary/aromatic N) is 3. The monoisotopic (exact) mass is 470 g/mol. The van der Waals surface area contributed by atoms with Gasteiger partial charge < -0.3 is 10.4 Å². The predicted molar refractivity (Wildman–Crippen MR) is 120 cm³/mol. The van der Waals surface area contributed by atoms with Crippen LogP contribution in [0, 0.1) is 11.7 Å². The molecule has 1 aliphatic rings. The number of hydrogen-bond acceptors (Lipinski definition) is 7. The standard InChI is InChI=1S/C21H28ClFN4O3S/c1-13(4-5-28)26-19-7-20(22)24-9-17(19)21-18(23)6-15(8-25-21)10-27-11-16(14(27)2)12-31(3,29)30/h6-9,13-14,16,28H,4-5,10-12H2,1-3H3,(H,24,26)/t13-,14-,16+/m0/s1. The van der Waals surface area contributed by atoms with Crippen LogP contribution in [0.1, 0.15) is 25.8 Å². The van der Waals surface area contributed by atoms with Gasteiger partial charge in [0.2, 0.25) is 0 Å². The second-order valence-electron chi connectivity index (χ2n) is 8.31. The molecule has 0 amide bonds. The molecule has 0 aliphatic carbocycles. The fourth-order valence-corrected chi connectivity index (χ4v) is 5.16. The average Bonchev–Trinajstić information content (AvgIpc) is 2.67. The van der Waals surface area contributed by atoms with Gasteiger partial charge in [0.05, 0.1) is 5.75 Å². The van der Waals surface area contributed by atoms with Gasteiger partial charge in [-0.1, -0.05) is 11.6 Å². The summed E-state index contributed by atoms with van der Waals surface area (Å²) in [5.74, 6) is -0.202. The fourth-order valence-electron chi connectivity index (χ4n) is 3.84. The Balaban J connectivity index is 1.75. The molecular formula is C21H28ClFN4O3S. The molecule has 0 unspecified atom stereocenters. The summed E-state index contributed by atoms with van der Waals surface area (Å²) in [6.07, 6.45) is 4.89. The Morgan fingerprint density at radius 1 is 1.35 bits per heavy atom. The van der Waals surface area contributed by atoms with Crippen LogP contribution in [-0.2, 0) is 16.4 Å². The molecule has 10 heteroatoms. The topological polar surface area (TPSA) is 95.4 Å². The highest BCUT2D eigenvalue weighted by molar-refractivity contribution is 7.90. The zero-order valence-corrected chi connectivity index (χ0v) is 19.4. The minimum absolute atomic E-state index is 0.0313. The SMILES string of the molecule is C[C@@H](CCO)Nc1cc(Cl)ncc1-c1ncc(CN2C[C@H](CS(C)(=O)=O)[C@@H]2C)cc1F. The van der Waals surface area contributed by atoms with Crippen LogP contribution in [0.5, 0.6) is 0 Å². The highest BCUT2D eigenvalue weighted by Crippen LogP contribution is 2.32. The van der Waals surface area contributed by atoms with E-state index in [9.17, 15) is 12.8 Å². The maximum Gasteiger partial charge on any atom is 0.149 e. The van der Waals surface area contributed by atoms with Crippen molar-refractivity contribution in [1.82, 2.24) is 14.9 Å². The zero-order chi connectivity index (χ0) is 22.8. The number of aromatic nitrogens is 2.